The molecular formula is C14H23N5. The van der Waals surface area contributed by atoms with E-state index in [1.54, 1.807) is 6.20 Å². The van der Waals surface area contributed by atoms with Crippen LogP contribution in [0.15, 0.2) is 12.4 Å². The van der Waals surface area contributed by atoms with E-state index in [9.17, 15) is 0 Å². The lowest BCUT2D eigenvalue weighted by molar-refractivity contribution is 0.00505. The molecule has 0 aromatic carbocycles. The molecule has 5 heteroatoms. The molecule has 0 aliphatic carbocycles. The molecule has 19 heavy (non-hydrogen) atoms. The Morgan fingerprint density at radius 1 is 1.11 bits per heavy atom. The highest BCUT2D eigenvalue weighted by molar-refractivity contribution is 5.43. The fraction of sp³-hybridized carbons (Fsp3) is 0.714. The average molecular weight is 261 g/mol. The third-order valence-electron chi connectivity index (χ3n) is 4.27. The van der Waals surface area contributed by atoms with Crippen LogP contribution in [-0.2, 0) is 0 Å². The maximum atomic E-state index is 5.76. The standard InChI is InChI=1S/C14H23N5/c1-13-6-14(2,8-18(3)7-13)10-19(9-13)12-5-16-4-11(15)17-12/h4-5H,6-10H2,1-3H3,(H2,15,17). The molecule has 0 spiro atoms. The first-order valence-electron chi connectivity index (χ1n) is 6.89. The lowest BCUT2D eigenvalue weighted by atomic mass is 9.65. The van der Waals surface area contributed by atoms with Crippen LogP contribution in [0, 0.1) is 10.8 Å². The maximum absolute atomic E-state index is 5.76. The van der Waals surface area contributed by atoms with Crippen LogP contribution in [0.25, 0.3) is 0 Å². The van der Waals surface area contributed by atoms with Gasteiger partial charge in [0.05, 0.1) is 12.4 Å². The van der Waals surface area contributed by atoms with Crippen molar-refractivity contribution in [1.82, 2.24) is 14.9 Å². The van der Waals surface area contributed by atoms with Crippen molar-refractivity contribution in [2.75, 3.05) is 43.9 Å². The van der Waals surface area contributed by atoms with Crippen molar-refractivity contribution in [3.63, 3.8) is 0 Å². The number of nitrogens with two attached hydrogens (primary N) is 1. The Kier molecular flexibility index (Phi) is 2.71. The predicted octanol–water partition coefficient (Wildman–Crippen LogP) is 1.23. The number of nitrogen functional groups attached to an aromatic ring is 1. The van der Waals surface area contributed by atoms with Gasteiger partial charge in [-0.05, 0) is 24.3 Å². The molecule has 0 saturated carbocycles. The Bertz CT molecular complexity index is 470. The van der Waals surface area contributed by atoms with Crippen molar-refractivity contribution in [3.05, 3.63) is 12.4 Å². The molecule has 2 N–H and O–H groups in total. The summed E-state index contributed by atoms with van der Waals surface area (Å²) in [6.45, 7) is 9.12. The summed E-state index contributed by atoms with van der Waals surface area (Å²) in [5, 5.41) is 0. The first kappa shape index (κ1) is 12.7. The van der Waals surface area contributed by atoms with E-state index in [0.29, 0.717) is 16.6 Å². The number of likely N-dealkylation sites (tertiary alicyclic amines) is 1. The van der Waals surface area contributed by atoms with E-state index in [1.807, 2.05) is 6.20 Å². The molecular weight excluding hydrogens is 238 g/mol. The number of anilines is 2. The van der Waals surface area contributed by atoms with Gasteiger partial charge in [-0.25, -0.2) is 4.98 Å². The minimum Gasteiger partial charge on any atom is -0.382 e. The zero-order chi connectivity index (χ0) is 13.7. The molecule has 2 unspecified atom stereocenters. The topological polar surface area (TPSA) is 58.3 Å². The highest BCUT2D eigenvalue weighted by atomic mass is 15.3. The summed E-state index contributed by atoms with van der Waals surface area (Å²) in [6.07, 6.45) is 4.72. The van der Waals surface area contributed by atoms with Gasteiger partial charge in [-0.3, -0.25) is 4.98 Å². The highest BCUT2D eigenvalue weighted by Gasteiger charge is 2.47. The van der Waals surface area contributed by atoms with Gasteiger partial charge < -0.3 is 15.5 Å². The van der Waals surface area contributed by atoms with Gasteiger partial charge in [-0.15, -0.1) is 0 Å². The Morgan fingerprint density at radius 2 is 1.74 bits per heavy atom. The molecule has 104 valence electrons. The van der Waals surface area contributed by atoms with Crippen molar-refractivity contribution in [2.45, 2.75) is 20.3 Å². The van der Waals surface area contributed by atoms with Crippen LogP contribution in [0.1, 0.15) is 20.3 Å². The van der Waals surface area contributed by atoms with E-state index in [4.69, 9.17) is 5.73 Å². The van der Waals surface area contributed by atoms with E-state index in [-0.39, 0.29) is 0 Å². The first-order valence-corrected chi connectivity index (χ1v) is 6.89. The van der Waals surface area contributed by atoms with Crippen molar-refractivity contribution >= 4 is 11.6 Å². The van der Waals surface area contributed by atoms with Crippen molar-refractivity contribution in [1.29, 1.82) is 0 Å². The van der Waals surface area contributed by atoms with Crippen LogP contribution in [-0.4, -0.2) is 48.1 Å². The molecule has 1 aromatic rings. The van der Waals surface area contributed by atoms with Crippen molar-refractivity contribution in [2.24, 2.45) is 10.8 Å². The minimum absolute atomic E-state index is 0.326. The quantitative estimate of drug-likeness (QED) is 0.824. The lowest BCUT2D eigenvalue weighted by Crippen LogP contribution is -2.61. The summed E-state index contributed by atoms with van der Waals surface area (Å²) >= 11 is 0. The Hall–Kier alpha value is -1.36. The zero-order valence-corrected chi connectivity index (χ0v) is 12.1. The molecule has 5 nitrogen and oxygen atoms in total. The summed E-state index contributed by atoms with van der Waals surface area (Å²) in [4.78, 5) is 13.4. The zero-order valence-electron chi connectivity index (χ0n) is 12.1. The molecule has 3 rings (SSSR count). The maximum Gasteiger partial charge on any atom is 0.149 e. The third-order valence-corrected chi connectivity index (χ3v) is 4.27. The Labute approximate surface area is 114 Å². The number of fused-ring (bicyclic) bond motifs is 2. The molecule has 2 atom stereocenters. The number of hydrogen-bond acceptors (Lipinski definition) is 5. The second kappa shape index (κ2) is 4.07. The predicted molar refractivity (Wildman–Crippen MR) is 77.0 cm³/mol. The Morgan fingerprint density at radius 3 is 2.32 bits per heavy atom. The van der Waals surface area contributed by atoms with Gasteiger partial charge in [0, 0.05) is 26.2 Å². The lowest BCUT2D eigenvalue weighted by Gasteiger charge is -2.56. The molecule has 1 aromatic heterocycles. The number of piperidine rings is 2. The first-order chi connectivity index (χ1) is 8.88. The van der Waals surface area contributed by atoms with Gasteiger partial charge in [0.2, 0.25) is 0 Å². The van der Waals surface area contributed by atoms with Gasteiger partial charge in [0.1, 0.15) is 11.6 Å². The smallest absolute Gasteiger partial charge is 0.149 e. The van der Waals surface area contributed by atoms with Gasteiger partial charge in [-0.1, -0.05) is 13.8 Å². The molecule has 2 bridgehead atoms. The van der Waals surface area contributed by atoms with Crippen LogP contribution in [0.4, 0.5) is 11.6 Å². The van der Waals surface area contributed by atoms with Crippen molar-refractivity contribution < 1.29 is 0 Å². The van der Waals surface area contributed by atoms with E-state index in [1.165, 1.54) is 6.42 Å². The Balaban J connectivity index is 1.90. The number of aromatic nitrogens is 2. The fourth-order valence-corrected chi connectivity index (χ4v) is 4.38. The molecule has 2 fully saturated rings. The summed E-state index contributed by atoms with van der Waals surface area (Å²) < 4.78 is 0. The fourth-order valence-electron chi connectivity index (χ4n) is 4.38. The normalized spacial score (nSPS) is 35.4. The van der Waals surface area contributed by atoms with Gasteiger partial charge in [0.15, 0.2) is 0 Å². The second-order valence-corrected chi connectivity index (χ2v) is 7.13. The monoisotopic (exact) mass is 261 g/mol. The van der Waals surface area contributed by atoms with Gasteiger partial charge in [0.25, 0.3) is 0 Å². The van der Waals surface area contributed by atoms with E-state index in [0.717, 1.165) is 32.0 Å². The van der Waals surface area contributed by atoms with Crippen LogP contribution in [0.5, 0.6) is 0 Å². The summed E-state index contributed by atoms with van der Waals surface area (Å²) in [7, 11) is 2.23. The highest BCUT2D eigenvalue weighted by Crippen LogP contribution is 2.45. The third kappa shape index (κ3) is 2.39. The number of rotatable bonds is 1. The summed E-state index contributed by atoms with van der Waals surface area (Å²) in [5.74, 6) is 1.42. The average Bonchev–Trinajstić information content (AvgIpc) is 2.24. The van der Waals surface area contributed by atoms with Gasteiger partial charge >= 0.3 is 0 Å². The van der Waals surface area contributed by atoms with E-state index >= 15 is 0 Å². The SMILES string of the molecule is CN1CC2(C)CN(c3cncc(N)n3)CC(C)(C1)C2. The molecule has 2 aliphatic rings. The molecule has 0 radical (unpaired) electrons. The van der Waals surface area contributed by atoms with E-state index < -0.39 is 0 Å². The molecule has 0 amide bonds. The summed E-state index contributed by atoms with van der Waals surface area (Å²) in [6, 6.07) is 0. The van der Waals surface area contributed by atoms with Gasteiger partial charge in [-0.2, -0.15) is 0 Å². The molecule has 2 saturated heterocycles. The largest absolute Gasteiger partial charge is 0.382 e. The van der Waals surface area contributed by atoms with Crippen LogP contribution >= 0.6 is 0 Å². The number of hydrogen-bond donors (Lipinski definition) is 1. The minimum atomic E-state index is 0.326. The molecule has 3 heterocycles. The second-order valence-electron chi connectivity index (χ2n) is 7.13. The molecule has 2 aliphatic heterocycles. The van der Waals surface area contributed by atoms with Crippen LogP contribution in [0.3, 0.4) is 0 Å². The van der Waals surface area contributed by atoms with E-state index in [2.05, 4.69) is 40.7 Å². The number of nitrogens with zero attached hydrogens (tertiary/aromatic N) is 4. The van der Waals surface area contributed by atoms with Crippen LogP contribution < -0.4 is 10.6 Å². The van der Waals surface area contributed by atoms with Crippen molar-refractivity contribution in [3.8, 4) is 0 Å². The van der Waals surface area contributed by atoms with Crippen LogP contribution in [0.2, 0.25) is 0 Å². The summed E-state index contributed by atoms with van der Waals surface area (Å²) in [5.41, 5.74) is 6.41.